The van der Waals surface area contributed by atoms with E-state index in [1.807, 2.05) is 0 Å². The van der Waals surface area contributed by atoms with Crippen LogP contribution in [0.2, 0.25) is 0 Å². The summed E-state index contributed by atoms with van der Waals surface area (Å²) in [7, 11) is 0. The molecule has 0 aliphatic heterocycles. The first-order chi connectivity index (χ1) is 6.37. The normalized spacial score (nSPS) is 14.8. The second kappa shape index (κ2) is 6.41. The monoisotopic (exact) mass is 200 g/mol. The molecule has 0 amide bonds. The number of hydrogen-bond acceptors (Lipinski definition) is 2. The van der Waals surface area contributed by atoms with Crippen molar-refractivity contribution in [2.45, 2.75) is 65.1 Å². The lowest BCUT2D eigenvalue weighted by Gasteiger charge is -2.29. The molecule has 2 N–H and O–H groups in total. The topological polar surface area (TPSA) is 32.3 Å². The van der Waals surface area contributed by atoms with E-state index in [0.717, 1.165) is 12.3 Å². The molecule has 0 bridgehead atoms. The molecule has 14 heavy (non-hydrogen) atoms. The van der Waals surface area contributed by atoms with Gasteiger partial charge in [0.15, 0.2) is 0 Å². The standard InChI is InChI=1S/C12H26NO/c1-6-11(14)13-12(4,5)9-7-8-10(2)3/h10-11,13-14H,1,6-9H2,2-5H3. The summed E-state index contributed by atoms with van der Waals surface area (Å²) in [5.74, 6) is 0.767. The molecule has 0 aromatic heterocycles. The summed E-state index contributed by atoms with van der Waals surface area (Å²) in [6, 6.07) is 0. The van der Waals surface area contributed by atoms with Crippen molar-refractivity contribution in [3.8, 4) is 0 Å². The van der Waals surface area contributed by atoms with Gasteiger partial charge >= 0.3 is 0 Å². The quantitative estimate of drug-likeness (QED) is 0.619. The Labute approximate surface area is 89.1 Å². The molecule has 0 rings (SSSR count). The Morgan fingerprint density at radius 2 is 1.93 bits per heavy atom. The van der Waals surface area contributed by atoms with E-state index in [1.54, 1.807) is 0 Å². The SMILES string of the molecule is [CH2]CC(O)NC(C)(C)CCCC(C)C. The van der Waals surface area contributed by atoms with Crippen LogP contribution in [-0.4, -0.2) is 16.9 Å². The van der Waals surface area contributed by atoms with Crippen LogP contribution in [0.4, 0.5) is 0 Å². The predicted molar refractivity (Wildman–Crippen MR) is 61.9 cm³/mol. The molecule has 1 radical (unpaired) electrons. The molecular formula is C12H26NO. The highest BCUT2D eigenvalue weighted by Crippen LogP contribution is 2.16. The fourth-order valence-electron chi connectivity index (χ4n) is 1.55. The highest BCUT2D eigenvalue weighted by atomic mass is 16.3. The Balaban J connectivity index is 3.71. The molecule has 0 aromatic carbocycles. The van der Waals surface area contributed by atoms with Crippen LogP contribution in [0.25, 0.3) is 0 Å². The van der Waals surface area contributed by atoms with E-state index in [1.165, 1.54) is 12.8 Å². The molecule has 0 saturated heterocycles. The molecule has 0 saturated carbocycles. The molecule has 2 heteroatoms. The van der Waals surface area contributed by atoms with Crippen molar-refractivity contribution in [3.05, 3.63) is 6.92 Å². The van der Waals surface area contributed by atoms with Crippen LogP contribution in [0.15, 0.2) is 0 Å². The van der Waals surface area contributed by atoms with Crippen molar-refractivity contribution in [2.24, 2.45) is 5.92 Å². The number of aliphatic hydroxyl groups is 1. The van der Waals surface area contributed by atoms with Crippen LogP contribution in [0.1, 0.15) is 53.4 Å². The van der Waals surface area contributed by atoms with Gasteiger partial charge in [0.25, 0.3) is 0 Å². The van der Waals surface area contributed by atoms with Gasteiger partial charge in [0.2, 0.25) is 0 Å². The maximum atomic E-state index is 9.43. The zero-order chi connectivity index (χ0) is 11.2. The first-order valence-electron chi connectivity index (χ1n) is 5.62. The van der Waals surface area contributed by atoms with Gasteiger partial charge in [0.1, 0.15) is 6.23 Å². The minimum Gasteiger partial charge on any atom is -0.379 e. The van der Waals surface area contributed by atoms with Gasteiger partial charge in [0, 0.05) is 5.54 Å². The van der Waals surface area contributed by atoms with E-state index >= 15 is 0 Å². The summed E-state index contributed by atoms with van der Waals surface area (Å²) in [5, 5.41) is 12.6. The van der Waals surface area contributed by atoms with Crippen molar-refractivity contribution in [1.82, 2.24) is 5.32 Å². The van der Waals surface area contributed by atoms with Crippen LogP contribution in [0.5, 0.6) is 0 Å². The van der Waals surface area contributed by atoms with Gasteiger partial charge in [-0.1, -0.05) is 26.7 Å². The Kier molecular flexibility index (Phi) is 6.38. The molecule has 0 aliphatic carbocycles. The van der Waals surface area contributed by atoms with Gasteiger partial charge in [-0.15, -0.1) is 0 Å². The molecule has 0 fully saturated rings. The molecule has 0 aromatic rings. The fourth-order valence-corrected chi connectivity index (χ4v) is 1.55. The molecule has 0 heterocycles. The zero-order valence-corrected chi connectivity index (χ0v) is 10.1. The van der Waals surface area contributed by atoms with E-state index in [9.17, 15) is 5.11 Å². The summed E-state index contributed by atoms with van der Waals surface area (Å²) >= 11 is 0. The number of nitrogens with one attached hydrogen (secondary N) is 1. The Bertz CT molecular complexity index is 143. The van der Waals surface area contributed by atoms with Gasteiger partial charge in [0.05, 0.1) is 0 Å². The Morgan fingerprint density at radius 3 is 2.36 bits per heavy atom. The van der Waals surface area contributed by atoms with Crippen molar-refractivity contribution >= 4 is 0 Å². The average molecular weight is 200 g/mol. The van der Waals surface area contributed by atoms with Gasteiger partial charge in [-0.25, -0.2) is 0 Å². The van der Waals surface area contributed by atoms with Gasteiger partial charge < -0.3 is 5.11 Å². The Morgan fingerprint density at radius 1 is 1.36 bits per heavy atom. The van der Waals surface area contributed by atoms with Crippen LogP contribution in [0.3, 0.4) is 0 Å². The minimum atomic E-state index is -0.468. The van der Waals surface area contributed by atoms with E-state index < -0.39 is 6.23 Å². The lowest BCUT2D eigenvalue weighted by molar-refractivity contribution is 0.0986. The van der Waals surface area contributed by atoms with Crippen LogP contribution in [-0.2, 0) is 0 Å². The van der Waals surface area contributed by atoms with E-state index in [0.29, 0.717) is 6.42 Å². The summed E-state index contributed by atoms with van der Waals surface area (Å²) < 4.78 is 0. The van der Waals surface area contributed by atoms with Crippen LogP contribution >= 0.6 is 0 Å². The first-order valence-corrected chi connectivity index (χ1v) is 5.62. The fraction of sp³-hybridized carbons (Fsp3) is 0.917. The molecule has 2 nitrogen and oxygen atoms in total. The largest absolute Gasteiger partial charge is 0.379 e. The molecule has 85 valence electrons. The number of hydrogen-bond donors (Lipinski definition) is 2. The first kappa shape index (κ1) is 13.9. The van der Waals surface area contributed by atoms with Crippen LogP contribution < -0.4 is 5.32 Å². The second-order valence-electron chi connectivity index (χ2n) is 5.12. The van der Waals surface area contributed by atoms with Crippen molar-refractivity contribution < 1.29 is 5.11 Å². The molecular weight excluding hydrogens is 174 g/mol. The maximum Gasteiger partial charge on any atom is 0.105 e. The molecule has 1 unspecified atom stereocenters. The smallest absolute Gasteiger partial charge is 0.105 e. The average Bonchev–Trinajstić information content (AvgIpc) is 2.02. The third kappa shape index (κ3) is 7.34. The van der Waals surface area contributed by atoms with E-state index in [2.05, 4.69) is 39.9 Å². The molecule has 0 spiro atoms. The zero-order valence-electron chi connectivity index (χ0n) is 10.1. The molecule has 0 aliphatic rings. The minimum absolute atomic E-state index is 0.0198. The summed E-state index contributed by atoms with van der Waals surface area (Å²) in [4.78, 5) is 0. The molecule has 1 atom stereocenters. The summed E-state index contributed by atoms with van der Waals surface area (Å²) in [6.45, 7) is 12.4. The number of rotatable bonds is 7. The third-order valence-corrected chi connectivity index (χ3v) is 2.41. The highest BCUT2D eigenvalue weighted by molar-refractivity contribution is 4.78. The maximum absolute atomic E-state index is 9.43. The predicted octanol–water partition coefficient (Wildman–Crippen LogP) is 2.72. The van der Waals surface area contributed by atoms with Crippen molar-refractivity contribution in [3.63, 3.8) is 0 Å². The lowest BCUT2D eigenvalue weighted by atomic mass is 9.94. The highest BCUT2D eigenvalue weighted by Gasteiger charge is 2.19. The van der Waals surface area contributed by atoms with Crippen molar-refractivity contribution in [2.75, 3.05) is 0 Å². The van der Waals surface area contributed by atoms with Crippen LogP contribution in [0, 0.1) is 12.8 Å². The number of aliphatic hydroxyl groups excluding tert-OH is 1. The summed E-state index contributed by atoms with van der Waals surface area (Å²) in [6.07, 6.45) is 3.62. The van der Waals surface area contributed by atoms with Gasteiger partial charge in [-0.2, -0.15) is 0 Å². The van der Waals surface area contributed by atoms with Gasteiger partial charge in [-0.3, -0.25) is 5.32 Å². The Hall–Kier alpha value is -0.0800. The van der Waals surface area contributed by atoms with E-state index in [-0.39, 0.29) is 5.54 Å². The summed E-state index contributed by atoms with van der Waals surface area (Å²) in [5.41, 5.74) is 0.0198. The third-order valence-electron chi connectivity index (χ3n) is 2.41. The van der Waals surface area contributed by atoms with Gasteiger partial charge in [-0.05, 0) is 39.5 Å². The van der Waals surface area contributed by atoms with Crippen molar-refractivity contribution in [1.29, 1.82) is 0 Å². The lowest BCUT2D eigenvalue weighted by Crippen LogP contribution is -2.45. The second-order valence-corrected chi connectivity index (χ2v) is 5.12. The van der Waals surface area contributed by atoms with E-state index in [4.69, 9.17) is 0 Å².